The highest BCUT2D eigenvalue weighted by Crippen LogP contribution is 2.24. The monoisotopic (exact) mass is 392 g/mol. The normalized spacial score (nSPS) is 11.6. The second kappa shape index (κ2) is 9.83. The van der Waals surface area contributed by atoms with E-state index < -0.39 is 0 Å². The number of benzene rings is 2. The number of aromatic nitrogens is 2. The van der Waals surface area contributed by atoms with Gasteiger partial charge in [0.05, 0.1) is 18.0 Å². The van der Waals surface area contributed by atoms with Gasteiger partial charge in [-0.05, 0) is 76.4 Å². The molecule has 0 saturated heterocycles. The number of rotatable bonds is 9. The molecule has 0 aliphatic rings. The van der Waals surface area contributed by atoms with Crippen LogP contribution in [0.5, 0.6) is 0 Å². The van der Waals surface area contributed by atoms with Crippen LogP contribution in [0, 0.1) is 6.92 Å². The fraction of sp³-hybridized carbons (Fsp3) is 0.375. The summed E-state index contributed by atoms with van der Waals surface area (Å²) in [6.45, 7) is 5.28. The Labute approximate surface area is 174 Å². The predicted molar refractivity (Wildman–Crippen MR) is 119 cm³/mol. The summed E-state index contributed by atoms with van der Waals surface area (Å²) in [6.07, 6.45) is 3.22. The van der Waals surface area contributed by atoms with Gasteiger partial charge in [-0.2, -0.15) is 5.10 Å². The molecule has 0 aliphatic heterocycles. The zero-order valence-electron chi connectivity index (χ0n) is 18.0. The van der Waals surface area contributed by atoms with Crippen molar-refractivity contribution in [1.29, 1.82) is 0 Å². The summed E-state index contributed by atoms with van der Waals surface area (Å²) in [4.78, 5) is 4.59. The van der Waals surface area contributed by atoms with Gasteiger partial charge in [-0.15, -0.1) is 0 Å². The Kier molecular flexibility index (Phi) is 7.20. The fourth-order valence-electron chi connectivity index (χ4n) is 3.49. The van der Waals surface area contributed by atoms with E-state index in [1.54, 1.807) is 0 Å². The molecule has 0 radical (unpaired) electrons. The minimum atomic E-state index is 0.0337. The van der Waals surface area contributed by atoms with Crippen LogP contribution in [0.4, 0.5) is 0 Å². The zero-order valence-corrected chi connectivity index (χ0v) is 18.0. The van der Waals surface area contributed by atoms with Crippen LogP contribution in [0.3, 0.4) is 0 Å². The van der Waals surface area contributed by atoms with Crippen LogP contribution >= 0.6 is 0 Å². The zero-order chi connectivity index (χ0) is 20.8. The topological polar surface area (TPSA) is 44.5 Å². The molecule has 1 heterocycles. The highest BCUT2D eigenvalue weighted by molar-refractivity contribution is 5.63. The summed E-state index contributed by atoms with van der Waals surface area (Å²) in [5, 5.41) is 14.2. The minimum absolute atomic E-state index is 0.0337. The van der Waals surface area contributed by atoms with Crippen LogP contribution in [0.15, 0.2) is 54.7 Å². The van der Waals surface area contributed by atoms with Gasteiger partial charge in [0.1, 0.15) is 0 Å². The predicted octanol–water partition coefficient (Wildman–Crippen LogP) is 3.72. The lowest BCUT2D eigenvalue weighted by molar-refractivity contribution is 0.282. The molecule has 1 N–H and O–H groups in total. The first-order chi connectivity index (χ1) is 14.0. The van der Waals surface area contributed by atoms with Gasteiger partial charge < -0.3 is 14.9 Å². The fourth-order valence-corrected chi connectivity index (χ4v) is 3.49. The van der Waals surface area contributed by atoms with Gasteiger partial charge in [0.25, 0.3) is 0 Å². The Bertz CT molecular complexity index is 915. The number of nitrogens with zero attached hydrogens (tertiary/aromatic N) is 4. The van der Waals surface area contributed by atoms with Crippen molar-refractivity contribution in [2.24, 2.45) is 0 Å². The van der Waals surface area contributed by atoms with Crippen LogP contribution in [0.2, 0.25) is 0 Å². The number of aliphatic hydroxyl groups excluding tert-OH is 1. The molecule has 0 amide bonds. The summed E-state index contributed by atoms with van der Waals surface area (Å²) in [5.41, 5.74) is 6.41. The second-order valence-corrected chi connectivity index (χ2v) is 8.02. The van der Waals surface area contributed by atoms with E-state index in [2.05, 4.69) is 62.1 Å². The van der Waals surface area contributed by atoms with E-state index in [-0.39, 0.29) is 6.61 Å². The molecule has 29 heavy (non-hydrogen) atoms. The van der Waals surface area contributed by atoms with Gasteiger partial charge in [-0.3, -0.25) is 0 Å². The van der Waals surface area contributed by atoms with E-state index in [0.717, 1.165) is 47.7 Å². The lowest BCUT2D eigenvalue weighted by Crippen LogP contribution is -2.23. The third-order valence-electron chi connectivity index (χ3n) is 5.08. The molecule has 0 saturated carbocycles. The highest BCUT2D eigenvalue weighted by Gasteiger charge is 2.10. The molecular weight excluding hydrogens is 360 g/mol. The van der Waals surface area contributed by atoms with E-state index in [0.29, 0.717) is 0 Å². The van der Waals surface area contributed by atoms with Crippen molar-refractivity contribution in [1.82, 2.24) is 19.6 Å². The van der Waals surface area contributed by atoms with E-state index >= 15 is 0 Å². The van der Waals surface area contributed by atoms with Gasteiger partial charge in [0.2, 0.25) is 0 Å². The van der Waals surface area contributed by atoms with Gasteiger partial charge in [-0.25, -0.2) is 4.68 Å². The second-order valence-electron chi connectivity index (χ2n) is 8.02. The molecule has 5 nitrogen and oxygen atoms in total. The first-order valence-corrected chi connectivity index (χ1v) is 10.2. The van der Waals surface area contributed by atoms with E-state index in [1.165, 1.54) is 12.0 Å². The lowest BCUT2D eigenvalue weighted by Gasteiger charge is -2.18. The largest absolute Gasteiger partial charge is 0.392 e. The minimum Gasteiger partial charge on any atom is -0.392 e. The molecule has 154 valence electrons. The SMILES string of the molecule is Cc1cn(-c2cccc(CO)c2)nc1-c1ccc(CN(C)CCCN(C)C)cc1. The summed E-state index contributed by atoms with van der Waals surface area (Å²) >= 11 is 0. The summed E-state index contributed by atoms with van der Waals surface area (Å²) in [7, 11) is 6.41. The maximum Gasteiger partial charge on any atom is 0.0956 e. The van der Waals surface area contributed by atoms with Crippen LogP contribution < -0.4 is 0 Å². The Morgan fingerprint density at radius 1 is 0.966 bits per heavy atom. The lowest BCUT2D eigenvalue weighted by atomic mass is 10.1. The van der Waals surface area contributed by atoms with Crippen molar-refractivity contribution >= 4 is 0 Å². The van der Waals surface area contributed by atoms with Gasteiger partial charge in [0.15, 0.2) is 0 Å². The van der Waals surface area contributed by atoms with E-state index in [9.17, 15) is 5.11 Å². The standard InChI is InChI=1S/C24H32N4O/c1-19-16-28(23-8-5-7-21(15-23)18-29)25-24(19)22-11-9-20(10-12-22)17-27(4)14-6-13-26(2)3/h5,7-12,15-16,29H,6,13-14,17-18H2,1-4H3. The van der Waals surface area contributed by atoms with Crippen LogP contribution in [-0.4, -0.2) is 58.9 Å². The number of aliphatic hydroxyl groups is 1. The van der Waals surface area contributed by atoms with Crippen LogP contribution in [-0.2, 0) is 13.2 Å². The van der Waals surface area contributed by atoms with E-state index in [1.807, 2.05) is 35.1 Å². The van der Waals surface area contributed by atoms with Crippen molar-refractivity contribution in [2.45, 2.75) is 26.5 Å². The molecule has 0 bridgehead atoms. The number of aryl methyl sites for hydroxylation is 1. The number of hydrogen-bond donors (Lipinski definition) is 1. The number of hydrogen-bond acceptors (Lipinski definition) is 4. The van der Waals surface area contributed by atoms with Crippen molar-refractivity contribution in [3.8, 4) is 16.9 Å². The van der Waals surface area contributed by atoms with Gasteiger partial charge >= 0.3 is 0 Å². The molecule has 0 spiro atoms. The smallest absolute Gasteiger partial charge is 0.0956 e. The van der Waals surface area contributed by atoms with Crippen molar-refractivity contribution in [3.05, 3.63) is 71.4 Å². The van der Waals surface area contributed by atoms with Crippen molar-refractivity contribution in [3.63, 3.8) is 0 Å². The Balaban J connectivity index is 1.69. The summed E-state index contributed by atoms with van der Waals surface area (Å²) in [5.74, 6) is 0. The Hall–Kier alpha value is -2.47. The molecule has 3 rings (SSSR count). The Morgan fingerprint density at radius 3 is 2.41 bits per heavy atom. The average molecular weight is 393 g/mol. The third-order valence-corrected chi connectivity index (χ3v) is 5.08. The molecule has 3 aromatic rings. The molecule has 0 atom stereocenters. The van der Waals surface area contributed by atoms with Crippen molar-refractivity contribution in [2.75, 3.05) is 34.2 Å². The summed E-state index contributed by atoms with van der Waals surface area (Å²) in [6, 6.07) is 16.5. The maximum absolute atomic E-state index is 9.37. The Morgan fingerprint density at radius 2 is 1.72 bits per heavy atom. The first kappa shape index (κ1) is 21.2. The molecule has 0 fully saturated rings. The maximum atomic E-state index is 9.37. The first-order valence-electron chi connectivity index (χ1n) is 10.2. The molecule has 2 aromatic carbocycles. The molecule has 1 aromatic heterocycles. The molecule has 0 aliphatic carbocycles. The van der Waals surface area contributed by atoms with E-state index in [4.69, 9.17) is 5.10 Å². The molecule has 5 heteroatoms. The quantitative estimate of drug-likeness (QED) is 0.603. The van der Waals surface area contributed by atoms with Gasteiger partial charge in [0, 0.05) is 18.3 Å². The highest BCUT2D eigenvalue weighted by atomic mass is 16.3. The molecule has 0 unspecified atom stereocenters. The van der Waals surface area contributed by atoms with Crippen LogP contribution in [0.25, 0.3) is 16.9 Å². The average Bonchev–Trinajstić information content (AvgIpc) is 3.10. The van der Waals surface area contributed by atoms with Crippen molar-refractivity contribution < 1.29 is 5.11 Å². The third kappa shape index (κ3) is 5.76. The molecular formula is C24H32N4O. The summed E-state index contributed by atoms with van der Waals surface area (Å²) < 4.78 is 1.89. The van der Waals surface area contributed by atoms with Gasteiger partial charge in [-0.1, -0.05) is 36.4 Å². The van der Waals surface area contributed by atoms with Crippen LogP contribution in [0.1, 0.15) is 23.1 Å².